The molecule has 0 bridgehead atoms. The fourth-order valence-electron chi connectivity index (χ4n) is 2.10. The zero-order chi connectivity index (χ0) is 14.8. The zero-order valence-electron chi connectivity index (χ0n) is 11.2. The van der Waals surface area contributed by atoms with Gasteiger partial charge in [-0.3, -0.25) is 0 Å². The quantitative estimate of drug-likeness (QED) is 0.733. The fourth-order valence-corrected chi connectivity index (χ4v) is 2.34. The van der Waals surface area contributed by atoms with Gasteiger partial charge in [-0.15, -0.1) is 0 Å². The van der Waals surface area contributed by atoms with E-state index < -0.39 is 0 Å². The van der Waals surface area contributed by atoms with E-state index in [4.69, 9.17) is 4.74 Å². The Morgan fingerprint density at radius 2 is 2.00 bits per heavy atom. The molecule has 0 aliphatic heterocycles. The minimum atomic E-state index is -0.317. The number of pyridine rings is 1. The van der Waals surface area contributed by atoms with Gasteiger partial charge >= 0.3 is 0 Å². The molecular weight excluding hydrogens is 335 g/mol. The van der Waals surface area contributed by atoms with Crippen LogP contribution in [0, 0.1) is 5.82 Å². The highest BCUT2D eigenvalue weighted by atomic mass is 79.9. The van der Waals surface area contributed by atoms with E-state index in [1.54, 1.807) is 19.2 Å². The molecule has 0 unspecified atom stereocenters. The Bertz CT molecular complexity index is 807. The molecule has 0 aliphatic carbocycles. The predicted octanol–water partition coefficient (Wildman–Crippen LogP) is 4.89. The van der Waals surface area contributed by atoms with Crippen LogP contribution in [-0.4, -0.2) is 12.1 Å². The van der Waals surface area contributed by atoms with E-state index in [9.17, 15) is 4.39 Å². The van der Waals surface area contributed by atoms with Gasteiger partial charge in [0.25, 0.3) is 0 Å². The molecule has 0 saturated heterocycles. The summed E-state index contributed by atoms with van der Waals surface area (Å²) in [5, 5.41) is 4.03. The van der Waals surface area contributed by atoms with E-state index in [0.717, 1.165) is 16.7 Å². The van der Waals surface area contributed by atoms with Crippen molar-refractivity contribution in [3.05, 3.63) is 58.8 Å². The normalized spacial score (nSPS) is 10.6. The van der Waals surface area contributed by atoms with Crippen molar-refractivity contribution in [2.24, 2.45) is 0 Å². The standard InChI is InChI=1S/C16H12BrFN2O/c1-21-15-4-2-3-14-11(15)6-8-16(20-14)19-10-5-7-12(17)13(18)9-10/h2-9H,1H3,(H,19,20). The summed E-state index contributed by atoms with van der Waals surface area (Å²) < 4.78 is 19.2. The summed E-state index contributed by atoms with van der Waals surface area (Å²) in [6.45, 7) is 0. The summed E-state index contributed by atoms with van der Waals surface area (Å²) in [5.41, 5.74) is 1.46. The summed E-state index contributed by atoms with van der Waals surface area (Å²) in [7, 11) is 1.63. The molecule has 0 fully saturated rings. The zero-order valence-corrected chi connectivity index (χ0v) is 12.8. The van der Waals surface area contributed by atoms with Crippen LogP contribution < -0.4 is 10.1 Å². The van der Waals surface area contributed by atoms with Crippen molar-refractivity contribution in [1.82, 2.24) is 4.98 Å². The third-order valence-electron chi connectivity index (χ3n) is 3.10. The summed E-state index contributed by atoms with van der Waals surface area (Å²) >= 11 is 3.13. The summed E-state index contributed by atoms with van der Waals surface area (Å²) in [4.78, 5) is 4.51. The van der Waals surface area contributed by atoms with Crippen molar-refractivity contribution in [3.8, 4) is 5.75 Å². The largest absolute Gasteiger partial charge is 0.496 e. The van der Waals surface area contributed by atoms with Crippen molar-refractivity contribution in [3.63, 3.8) is 0 Å². The molecule has 0 saturated carbocycles. The lowest BCUT2D eigenvalue weighted by molar-refractivity contribution is 0.420. The van der Waals surface area contributed by atoms with Crippen molar-refractivity contribution in [2.75, 3.05) is 12.4 Å². The van der Waals surface area contributed by atoms with Crippen LogP contribution in [0.2, 0.25) is 0 Å². The van der Waals surface area contributed by atoms with Crippen LogP contribution in [0.4, 0.5) is 15.9 Å². The molecule has 1 N–H and O–H groups in total. The van der Waals surface area contributed by atoms with Crippen molar-refractivity contribution in [1.29, 1.82) is 0 Å². The molecular formula is C16H12BrFN2O. The monoisotopic (exact) mass is 346 g/mol. The number of halogens is 2. The first-order valence-electron chi connectivity index (χ1n) is 6.33. The molecule has 0 spiro atoms. The van der Waals surface area contributed by atoms with E-state index >= 15 is 0 Å². The Morgan fingerprint density at radius 1 is 1.14 bits per heavy atom. The number of nitrogens with zero attached hydrogens (tertiary/aromatic N) is 1. The average Bonchev–Trinajstić information content (AvgIpc) is 2.50. The van der Waals surface area contributed by atoms with Gasteiger partial charge in [-0.05, 0) is 58.4 Å². The summed E-state index contributed by atoms with van der Waals surface area (Å²) in [5.74, 6) is 1.11. The van der Waals surface area contributed by atoms with E-state index in [1.807, 2.05) is 30.3 Å². The molecule has 0 atom stereocenters. The molecule has 1 heterocycles. The maximum absolute atomic E-state index is 13.5. The number of ether oxygens (including phenoxy) is 1. The minimum Gasteiger partial charge on any atom is -0.496 e. The number of methoxy groups -OCH3 is 1. The smallest absolute Gasteiger partial charge is 0.139 e. The van der Waals surface area contributed by atoms with Crippen molar-refractivity contribution in [2.45, 2.75) is 0 Å². The lowest BCUT2D eigenvalue weighted by atomic mass is 10.2. The first-order chi connectivity index (χ1) is 10.2. The second kappa shape index (κ2) is 5.69. The number of nitrogens with one attached hydrogen (secondary N) is 1. The second-order valence-corrected chi connectivity index (χ2v) is 5.33. The van der Waals surface area contributed by atoms with Gasteiger partial charge in [-0.2, -0.15) is 0 Å². The van der Waals surface area contributed by atoms with E-state index in [-0.39, 0.29) is 5.82 Å². The first-order valence-corrected chi connectivity index (χ1v) is 7.12. The first kappa shape index (κ1) is 13.8. The summed E-state index contributed by atoms with van der Waals surface area (Å²) in [6, 6.07) is 14.3. The number of rotatable bonds is 3. The molecule has 3 aromatic rings. The van der Waals surface area contributed by atoms with Crippen LogP contribution in [0.5, 0.6) is 5.75 Å². The number of fused-ring (bicyclic) bond motifs is 1. The molecule has 106 valence electrons. The lowest BCUT2D eigenvalue weighted by Gasteiger charge is -2.09. The Hall–Kier alpha value is -2.14. The highest BCUT2D eigenvalue weighted by Crippen LogP contribution is 2.27. The fraction of sp³-hybridized carbons (Fsp3) is 0.0625. The van der Waals surface area contributed by atoms with Gasteiger partial charge < -0.3 is 10.1 Å². The number of hydrogen-bond donors (Lipinski definition) is 1. The second-order valence-electron chi connectivity index (χ2n) is 4.48. The van der Waals surface area contributed by atoms with Gasteiger partial charge in [-0.1, -0.05) is 6.07 Å². The van der Waals surface area contributed by atoms with Gasteiger partial charge in [-0.25, -0.2) is 9.37 Å². The molecule has 3 rings (SSSR count). The SMILES string of the molecule is COc1cccc2nc(Nc3ccc(Br)c(F)c3)ccc12. The molecule has 0 radical (unpaired) electrons. The molecule has 3 nitrogen and oxygen atoms in total. The molecule has 0 amide bonds. The van der Waals surface area contributed by atoms with Gasteiger partial charge in [0.05, 0.1) is 17.1 Å². The predicted molar refractivity (Wildman–Crippen MR) is 85.7 cm³/mol. The van der Waals surface area contributed by atoms with Crippen LogP contribution in [0.15, 0.2) is 53.0 Å². The third kappa shape index (κ3) is 2.83. The highest BCUT2D eigenvalue weighted by molar-refractivity contribution is 9.10. The van der Waals surface area contributed by atoms with Crippen molar-refractivity contribution < 1.29 is 9.13 Å². The van der Waals surface area contributed by atoms with Gasteiger partial charge in [0, 0.05) is 11.1 Å². The molecule has 0 aliphatic rings. The molecule has 2 aromatic carbocycles. The molecule has 1 aromatic heterocycles. The van der Waals surface area contributed by atoms with Crippen LogP contribution in [0.1, 0.15) is 0 Å². The number of benzene rings is 2. The number of anilines is 2. The highest BCUT2D eigenvalue weighted by Gasteiger charge is 2.05. The van der Waals surface area contributed by atoms with Crippen LogP contribution >= 0.6 is 15.9 Å². The van der Waals surface area contributed by atoms with Gasteiger partial charge in [0.1, 0.15) is 17.4 Å². The summed E-state index contributed by atoms with van der Waals surface area (Å²) in [6.07, 6.45) is 0. The van der Waals surface area contributed by atoms with Crippen LogP contribution in [0.25, 0.3) is 10.9 Å². The third-order valence-corrected chi connectivity index (χ3v) is 3.75. The maximum atomic E-state index is 13.5. The Labute approximate surface area is 129 Å². The molecule has 5 heteroatoms. The van der Waals surface area contributed by atoms with Crippen LogP contribution in [0.3, 0.4) is 0 Å². The van der Waals surface area contributed by atoms with Crippen LogP contribution in [-0.2, 0) is 0 Å². The van der Waals surface area contributed by atoms with Crippen molar-refractivity contribution >= 4 is 38.3 Å². The van der Waals surface area contributed by atoms with Gasteiger partial charge in [0.15, 0.2) is 0 Å². The van der Waals surface area contributed by atoms with E-state index in [1.165, 1.54) is 6.07 Å². The van der Waals surface area contributed by atoms with Gasteiger partial charge in [0.2, 0.25) is 0 Å². The van der Waals surface area contributed by atoms with E-state index in [0.29, 0.717) is 16.0 Å². The Balaban J connectivity index is 1.96. The van der Waals surface area contributed by atoms with E-state index in [2.05, 4.69) is 26.2 Å². The maximum Gasteiger partial charge on any atom is 0.139 e. The number of aromatic nitrogens is 1. The minimum absolute atomic E-state index is 0.317. The number of hydrogen-bond acceptors (Lipinski definition) is 3. The molecule has 21 heavy (non-hydrogen) atoms. The Kier molecular flexibility index (Phi) is 3.75. The lowest BCUT2D eigenvalue weighted by Crippen LogP contribution is -1.95. The topological polar surface area (TPSA) is 34.1 Å². The Morgan fingerprint density at radius 3 is 2.76 bits per heavy atom. The average molecular weight is 347 g/mol.